The largest absolute Gasteiger partial charge is 0.444 e. The Morgan fingerprint density at radius 3 is 2.27 bits per heavy atom. The standard InChI is InChI=1S/C13H26N2O6S/c1-9(2)10(15-12(17)21-13(3,4)5)11(16)14-7-6-8-22(18,19)20/h9-10H,6-8H2,1-5H3,(H,14,16)(H,15,17)(H,18,19,20)/t10-/m0/s1/i17+2. The third kappa shape index (κ3) is 10.4. The fraction of sp³-hybridized carbons (Fsp3) is 0.846. The SMILES string of the molecule is CC(C)[C@H](NC(=[18O])OC(C)(C)C)C(=O)NCCCS(=O)(=O)O. The van der Waals surface area contributed by atoms with Crippen LogP contribution in [0.4, 0.5) is 4.79 Å². The van der Waals surface area contributed by atoms with Gasteiger partial charge in [-0.1, -0.05) is 13.8 Å². The average Bonchev–Trinajstić information content (AvgIpc) is 2.27. The van der Waals surface area contributed by atoms with Crippen molar-refractivity contribution in [1.29, 1.82) is 0 Å². The van der Waals surface area contributed by atoms with E-state index in [1.807, 2.05) is 0 Å². The Labute approximate surface area is 131 Å². The van der Waals surface area contributed by atoms with E-state index in [1.54, 1.807) is 34.6 Å². The Kier molecular flexibility index (Phi) is 7.82. The number of alkyl carbamates (subject to hydrolysis) is 1. The van der Waals surface area contributed by atoms with Gasteiger partial charge in [0.2, 0.25) is 5.91 Å². The zero-order chi connectivity index (χ0) is 17.6. The lowest BCUT2D eigenvalue weighted by atomic mass is 10.0. The summed E-state index contributed by atoms with van der Waals surface area (Å²) in [5.41, 5.74) is -0.669. The molecule has 3 N–H and O–H groups in total. The molecule has 0 heterocycles. The van der Waals surface area contributed by atoms with Crippen LogP contribution in [0.2, 0.25) is 0 Å². The van der Waals surface area contributed by atoms with Gasteiger partial charge in [-0.2, -0.15) is 8.42 Å². The first-order chi connectivity index (χ1) is 9.82. The topological polar surface area (TPSA) is 122 Å². The molecule has 0 aliphatic rings. The van der Waals surface area contributed by atoms with Crippen LogP contribution >= 0.6 is 0 Å². The van der Waals surface area contributed by atoms with Gasteiger partial charge in [0.05, 0.1) is 5.75 Å². The van der Waals surface area contributed by atoms with Crippen molar-refractivity contribution in [2.45, 2.75) is 52.7 Å². The lowest BCUT2D eigenvalue weighted by Crippen LogP contribution is -2.51. The second-order valence-electron chi connectivity index (χ2n) is 6.30. The van der Waals surface area contributed by atoms with Crippen LogP contribution < -0.4 is 10.6 Å². The number of nitrogens with one attached hydrogen (secondary N) is 2. The van der Waals surface area contributed by atoms with Crippen molar-refractivity contribution in [3.8, 4) is 0 Å². The van der Waals surface area contributed by atoms with Crippen molar-refractivity contribution in [3.05, 3.63) is 0 Å². The lowest BCUT2D eigenvalue weighted by molar-refractivity contribution is -0.124. The van der Waals surface area contributed by atoms with Crippen LogP contribution in [-0.2, 0) is 19.6 Å². The molecule has 0 aliphatic heterocycles. The smallest absolute Gasteiger partial charge is 0.408 e. The highest BCUT2D eigenvalue weighted by Crippen LogP contribution is 2.08. The molecule has 0 aromatic heterocycles. The van der Waals surface area contributed by atoms with Crippen LogP contribution in [0.3, 0.4) is 0 Å². The highest BCUT2D eigenvalue weighted by molar-refractivity contribution is 7.85. The molecular weight excluding hydrogens is 314 g/mol. The Morgan fingerprint density at radius 2 is 1.86 bits per heavy atom. The molecule has 1 atom stereocenters. The normalized spacial score (nSPS) is 13.6. The Morgan fingerprint density at radius 1 is 1.32 bits per heavy atom. The molecule has 22 heavy (non-hydrogen) atoms. The molecule has 0 aromatic carbocycles. The zero-order valence-electron chi connectivity index (χ0n) is 13.7. The number of amides is 2. The first-order valence-electron chi connectivity index (χ1n) is 7.04. The van der Waals surface area contributed by atoms with Crippen molar-refractivity contribution >= 4 is 22.1 Å². The number of ether oxygens (including phenoxy) is 1. The van der Waals surface area contributed by atoms with Gasteiger partial charge >= 0.3 is 6.09 Å². The van der Waals surface area contributed by atoms with E-state index in [0.29, 0.717) is 0 Å². The van der Waals surface area contributed by atoms with Gasteiger partial charge in [0.1, 0.15) is 11.6 Å². The number of hydrogen-bond acceptors (Lipinski definition) is 5. The van der Waals surface area contributed by atoms with Crippen molar-refractivity contribution in [3.63, 3.8) is 0 Å². The van der Waals surface area contributed by atoms with Crippen molar-refractivity contribution in [2.24, 2.45) is 5.92 Å². The molecule has 0 aliphatic carbocycles. The maximum Gasteiger partial charge on any atom is 0.408 e. The zero-order valence-corrected chi connectivity index (χ0v) is 14.5. The van der Waals surface area contributed by atoms with Crippen LogP contribution in [0, 0.1) is 5.92 Å². The quantitative estimate of drug-likeness (QED) is 0.360. The molecule has 0 aromatic rings. The molecule has 0 fully saturated rings. The summed E-state index contributed by atoms with van der Waals surface area (Å²) in [7, 11) is -4.04. The molecule has 0 saturated carbocycles. The summed E-state index contributed by atoms with van der Waals surface area (Å²) in [5, 5.41) is 5.01. The van der Waals surface area contributed by atoms with Crippen molar-refractivity contribution < 1.29 is 27.3 Å². The molecule has 2 amide bonds. The minimum absolute atomic E-state index is 0.0812. The second-order valence-corrected chi connectivity index (χ2v) is 7.87. The molecule has 0 radical (unpaired) electrons. The highest BCUT2D eigenvalue weighted by atomic mass is 32.2. The number of carbonyl (C=O) groups excluding carboxylic acids is 2. The van der Waals surface area contributed by atoms with Gasteiger partial charge in [0, 0.05) is 6.54 Å². The third-order valence-corrected chi connectivity index (χ3v) is 3.30. The first-order valence-corrected chi connectivity index (χ1v) is 8.65. The van der Waals surface area contributed by atoms with Gasteiger partial charge in [-0.25, -0.2) is 4.79 Å². The van der Waals surface area contributed by atoms with Crippen LogP contribution in [0.25, 0.3) is 0 Å². The van der Waals surface area contributed by atoms with Gasteiger partial charge in [0.15, 0.2) is 0 Å². The van der Waals surface area contributed by atoms with Gasteiger partial charge < -0.3 is 15.4 Å². The molecular formula is C13H26N2O6S. The molecule has 0 unspecified atom stereocenters. The van der Waals surface area contributed by atoms with Crippen LogP contribution in [0.1, 0.15) is 41.0 Å². The predicted molar refractivity (Wildman–Crippen MR) is 82.0 cm³/mol. The molecule has 9 heteroatoms. The van der Waals surface area contributed by atoms with E-state index in [2.05, 4.69) is 10.6 Å². The molecule has 130 valence electrons. The predicted octanol–water partition coefficient (Wildman–Crippen LogP) is 0.930. The summed E-state index contributed by atoms with van der Waals surface area (Å²) >= 11 is 0. The second kappa shape index (κ2) is 8.33. The summed E-state index contributed by atoms with van der Waals surface area (Å²) in [4.78, 5) is 23.7. The van der Waals surface area contributed by atoms with E-state index in [9.17, 15) is 18.0 Å². The van der Waals surface area contributed by atoms with Crippen LogP contribution in [-0.4, -0.2) is 48.9 Å². The van der Waals surface area contributed by atoms with Gasteiger partial charge in [-0.15, -0.1) is 0 Å². The summed E-state index contributed by atoms with van der Waals surface area (Å²) in [6.07, 6.45) is -0.610. The monoisotopic (exact) mass is 340 g/mol. The van der Waals surface area contributed by atoms with Crippen molar-refractivity contribution in [2.75, 3.05) is 12.3 Å². The minimum Gasteiger partial charge on any atom is -0.444 e. The number of rotatable bonds is 7. The highest BCUT2D eigenvalue weighted by Gasteiger charge is 2.26. The number of hydrogen-bond donors (Lipinski definition) is 3. The fourth-order valence-corrected chi connectivity index (χ4v) is 2.05. The average molecular weight is 340 g/mol. The molecule has 0 rings (SSSR count). The van der Waals surface area contributed by atoms with E-state index in [0.717, 1.165) is 0 Å². The molecule has 0 spiro atoms. The summed E-state index contributed by atoms with van der Waals surface area (Å²) < 4.78 is 34.8. The first kappa shape index (κ1) is 20.6. The lowest BCUT2D eigenvalue weighted by Gasteiger charge is -2.25. The Balaban J connectivity index is 4.43. The van der Waals surface area contributed by atoms with Crippen molar-refractivity contribution in [1.82, 2.24) is 10.6 Å². The summed E-state index contributed by atoms with van der Waals surface area (Å²) in [5.74, 6) is -1.04. The van der Waals surface area contributed by atoms with Gasteiger partial charge in [0.25, 0.3) is 10.1 Å². The summed E-state index contributed by atoms with van der Waals surface area (Å²) in [6.45, 7) is 8.75. The van der Waals surface area contributed by atoms with Gasteiger partial charge in [-0.05, 0) is 33.1 Å². The molecule has 8 nitrogen and oxygen atoms in total. The van der Waals surface area contributed by atoms with E-state index in [1.165, 1.54) is 0 Å². The van der Waals surface area contributed by atoms with Crippen LogP contribution in [0.15, 0.2) is 0 Å². The molecule has 0 saturated heterocycles. The van der Waals surface area contributed by atoms with E-state index in [4.69, 9.17) is 9.29 Å². The summed E-state index contributed by atoms with van der Waals surface area (Å²) in [6, 6.07) is -0.791. The fourth-order valence-electron chi connectivity index (χ4n) is 1.55. The minimum atomic E-state index is -4.04. The Bertz CT molecular complexity index is 481. The maximum atomic E-state index is 12.0. The number of carbonyl (C=O) groups is 2. The molecule has 0 bridgehead atoms. The van der Waals surface area contributed by atoms with E-state index in [-0.39, 0.29) is 18.9 Å². The Hall–Kier alpha value is -1.35. The maximum absolute atomic E-state index is 12.0. The van der Waals surface area contributed by atoms with Crippen LogP contribution in [0.5, 0.6) is 0 Å². The van der Waals surface area contributed by atoms with E-state index >= 15 is 0 Å². The van der Waals surface area contributed by atoms with Gasteiger partial charge in [-0.3, -0.25) is 9.35 Å². The third-order valence-electron chi connectivity index (χ3n) is 2.50. The van der Waals surface area contributed by atoms with E-state index < -0.39 is 39.5 Å².